The molecule has 1 amide bonds. The van der Waals surface area contributed by atoms with E-state index in [2.05, 4.69) is 10.5 Å². The van der Waals surface area contributed by atoms with Crippen molar-refractivity contribution in [3.05, 3.63) is 64.7 Å². The van der Waals surface area contributed by atoms with Gasteiger partial charge in [0.1, 0.15) is 5.75 Å². The summed E-state index contributed by atoms with van der Waals surface area (Å²) in [5, 5.41) is 12.6. The monoisotopic (exact) mass is 307 g/mol. The highest BCUT2D eigenvalue weighted by Gasteiger charge is 2.02. The third-order valence-electron chi connectivity index (χ3n) is 3.18. The van der Waals surface area contributed by atoms with Gasteiger partial charge < -0.3 is 4.74 Å². The topological polar surface area (TPSA) is 74.5 Å². The molecule has 5 heteroatoms. The zero-order valence-corrected chi connectivity index (χ0v) is 13.0. The third kappa shape index (κ3) is 4.97. The predicted octanol–water partition coefficient (Wildman–Crippen LogP) is 2.70. The van der Waals surface area contributed by atoms with Gasteiger partial charge in [-0.2, -0.15) is 10.4 Å². The van der Waals surface area contributed by atoms with E-state index in [0.717, 1.165) is 16.7 Å². The van der Waals surface area contributed by atoms with Gasteiger partial charge in [0, 0.05) is 0 Å². The van der Waals surface area contributed by atoms with Crippen molar-refractivity contribution in [2.75, 3.05) is 6.61 Å². The molecule has 0 saturated heterocycles. The van der Waals surface area contributed by atoms with E-state index in [1.165, 1.54) is 0 Å². The van der Waals surface area contributed by atoms with Crippen molar-refractivity contribution >= 4 is 12.1 Å². The quantitative estimate of drug-likeness (QED) is 0.681. The number of hydrazone groups is 1. The summed E-state index contributed by atoms with van der Waals surface area (Å²) in [5.41, 5.74) is 6.14. The van der Waals surface area contributed by atoms with Crippen molar-refractivity contribution in [2.45, 2.75) is 13.8 Å². The molecule has 0 aliphatic heterocycles. The Bertz CT molecular complexity index is 759. The number of amides is 1. The summed E-state index contributed by atoms with van der Waals surface area (Å²) in [6, 6.07) is 14.6. The second kappa shape index (κ2) is 7.76. The molecule has 0 aromatic heterocycles. The zero-order chi connectivity index (χ0) is 16.7. The molecule has 2 rings (SSSR count). The fraction of sp³-hybridized carbons (Fsp3) is 0.167. The normalized spacial score (nSPS) is 10.3. The number of aryl methyl sites for hydroxylation is 2. The highest BCUT2D eigenvalue weighted by Crippen LogP contribution is 2.11. The van der Waals surface area contributed by atoms with Gasteiger partial charge in [0.15, 0.2) is 6.61 Å². The van der Waals surface area contributed by atoms with Gasteiger partial charge in [-0.1, -0.05) is 23.8 Å². The first-order chi connectivity index (χ1) is 11.1. The number of hydrogen-bond donors (Lipinski definition) is 1. The van der Waals surface area contributed by atoms with Crippen LogP contribution in [0.1, 0.15) is 22.3 Å². The average molecular weight is 307 g/mol. The predicted molar refractivity (Wildman–Crippen MR) is 88.3 cm³/mol. The highest BCUT2D eigenvalue weighted by molar-refractivity contribution is 5.84. The van der Waals surface area contributed by atoms with E-state index in [1.807, 2.05) is 38.1 Å². The standard InChI is InChI=1S/C18H17N3O2/c1-13-3-4-14(2)16(9-13)11-20-21-18(22)12-23-17-7-5-15(10-19)6-8-17/h3-9,11H,12H2,1-2H3,(H,21,22)/b20-11-. The van der Waals surface area contributed by atoms with E-state index >= 15 is 0 Å². The second-order valence-electron chi connectivity index (χ2n) is 5.08. The summed E-state index contributed by atoms with van der Waals surface area (Å²) >= 11 is 0. The van der Waals surface area contributed by atoms with E-state index in [4.69, 9.17) is 10.00 Å². The molecule has 1 N–H and O–H groups in total. The largest absolute Gasteiger partial charge is 0.484 e. The molecule has 0 fully saturated rings. The van der Waals surface area contributed by atoms with Crippen LogP contribution in [0.3, 0.4) is 0 Å². The first kappa shape index (κ1) is 16.2. The molecule has 0 aliphatic carbocycles. The Kier molecular flexibility index (Phi) is 5.48. The lowest BCUT2D eigenvalue weighted by molar-refractivity contribution is -0.123. The zero-order valence-electron chi connectivity index (χ0n) is 13.0. The van der Waals surface area contributed by atoms with Gasteiger partial charge in [0.05, 0.1) is 17.8 Å². The number of nitrogens with one attached hydrogen (secondary N) is 1. The number of hydrogen-bond acceptors (Lipinski definition) is 4. The van der Waals surface area contributed by atoms with Crippen LogP contribution in [0.2, 0.25) is 0 Å². The van der Waals surface area contributed by atoms with Crippen molar-refractivity contribution < 1.29 is 9.53 Å². The molecule has 0 heterocycles. The third-order valence-corrected chi connectivity index (χ3v) is 3.18. The number of carbonyl (C=O) groups is 1. The Morgan fingerprint density at radius 1 is 1.26 bits per heavy atom. The lowest BCUT2D eigenvalue weighted by Gasteiger charge is -2.05. The van der Waals surface area contributed by atoms with E-state index < -0.39 is 0 Å². The molecule has 2 aromatic carbocycles. The minimum absolute atomic E-state index is 0.143. The number of ether oxygens (including phenoxy) is 1. The highest BCUT2D eigenvalue weighted by atomic mass is 16.5. The fourth-order valence-corrected chi connectivity index (χ4v) is 1.88. The van der Waals surface area contributed by atoms with Crippen LogP contribution in [0.15, 0.2) is 47.6 Å². The maximum atomic E-state index is 11.7. The Hall–Kier alpha value is -3.13. The molecule has 116 valence electrons. The molecule has 0 radical (unpaired) electrons. The van der Waals surface area contributed by atoms with Gasteiger partial charge >= 0.3 is 0 Å². The van der Waals surface area contributed by atoms with Crippen molar-refractivity contribution in [1.29, 1.82) is 5.26 Å². The van der Waals surface area contributed by atoms with Crippen LogP contribution in [0.25, 0.3) is 0 Å². The maximum absolute atomic E-state index is 11.7. The van der Waals surface area contributed by atoms with Crippen LogP contribution >= 0.6 is 0 Å². The van der Waals surface area contributed by atoms with Crippen molar-refractivity contribution in [1.82, 2.24) is 5.43 Å². The number of rotatable bonds is 5. The molecular formula is C18H17N3O2. The Labute approximate surface area is 135 Å². The molecule has 0 bridgehead atoms. The summed E-state index contributed by atoms with van der Waals surface area (Å²) in [6.07, 6.45) is 1.61. The Morgan fingerprint density at radius 3 is 2.70 bits per heavy atom. The Morgan fingerprint density at radius 2 is 2.00 bits per heavy atom. The van der Waals surface area contributed by atoms with Gasteiger partial charge in [0.2, 0.25) is 0 Å². The van der Waals surface area contributed by atoms with E-state index in [1.54, 1.807) is 30.5 Å². The van der Waals surface area contributed by atoms with Gasteiger partial charge in [-0.05, 0) is 49.2 Å². The van der Waals surface area contributed by atoms with Crippen LogP contribution in [-0.4, -0.2) is 18.7 Å². The van der Waals surface area contributed by atoms with Crippen LogP contribution in [0.5, 0.6) is 5.75 Å². The van der Waals surface area contributed by atoms with Gasteiger partial charge in [-0.15, -0.1) is 0 Å². The summed E-state index contributed by atoms with van der Waals surface area (Å²) in [4.78, 5) is 11.7. The summed E-state index contributed by atoms with van der Waals surface area (Å²) < 4.78 is 5.32. The van der Waals surface area contributed by atoms with Crippen LogP contribution in [-0.2, 0) is 4.79 Å². The molecule has 2 aromatic rings. The molecule has 0 atom stereocenters. The summed E-state index contributed by atoms with van der Waals surface area (Å²) in [6.45, 7) is 3.84. The molecule has 23 heavy (non-hydrogen) atoms. The second-order valence-corrected chi connectivity index (χ2v) is 5.08. The van der Waals surface area contributed by atoms with Crippen molar-refractivity contribution in [2.24, 2.45) is 5.10 Å². The number of benzene rings is 2. The van der Waals surface area contributed by atoms with E-state index in [-0.39, 0.29) is 12.5 Å². The summed E-state index contributed by atoms with van der Waals surface area (Å²) in [7, 11) is 0. The lowest BCUT2D eigenvalue weighted by Crippen LogP contribution is -2.24. The van der Waals surface area contributed by atoms with E-state index in [0.29, 0.717) is 11.3 Å². The van der Waals surface area contributed by atoms with Crippen LogP contribution in [0, 0.1) is 25.2 Å². The number of nitriles is 1. The summed E-state index contributed by atoms with van der Waals surface area (Å²) in [5.74, 6) is 0.175. The molecular weight excluding hydrogens is 290 g/mol. The molecule has 0 spiro atoms. The van der Waals surface area contributed by atoms with Crippen molar-refractivity contribution in [3.8, 4) is 11.8 Å². The molecule has 0 aliphatic rings. The van der Waals surface area contributed by atoms with Gasteiger partial charge in [-0.25, -0.2) is 5.43 Å². The number of nitrogens with zero attached hydrogens (tertiary/aromatic N) is 2. The first-order valence-electron chi connectivity index (χ1n) is 7.10. The van der Waals surface area contributed by atoms with Gasteiger partial charge in [-0.3, -0.25) is 4.79 Å². The van der Waals surface area contributed by atoms with Crippen LogP contribution < -0.4 is 10.2 Å². The van der Waals surface area contributed by atoms with E-state index in [9.17, 15) is 4.79 Å². The molecule has 0 saturated carbocycles. The molecule has 5 nitrogen and oxygen atoms in total. The smallest absolute Gasteiger partial charge is 0.277 e. The molecule has 0 unspecified atom stereocenters. The SMILES string of the molecule is Cc1ccc(C)c(/C=N\NC(=O)COc2ccc(C#N)cc2)c1. The maximum Gasteiger partial charge on any atom is 0.277 e. The van der Waals surface area contributed by atoms with Gasteiger partial charge in [0.25, 0.3) is 5.91 Å². The fourth-order valence-electron chi connectivity index (χ4n) is 1.88. The minimum Gasteiger partial charge on any atom is -0.484 e. The Balaban J connectivity index is 1.84. The lowest BCUT2D eigenvalue weighted by atomic mass is 10.1. The van der Waals surface area contributed by atoms with Crippen molar-refractivity contribution in [3.63, 3.8) is 0 Å². The average Bonchev–Trinajstić information content (AvgIpc) is 2.56. The van der Waals surface area contributed by atoms with Crippen LogP contribution in [0.4, 0.5) is 0 Å². The number of carbonyl (C=O) groups excluding carboxylic acids is 1. The minimum atomic E-state index is -0.351. The first-order valence-corrected chi connectivity index (χ1v) is 7.10.